The lowest BCUT2D eigenvalue weighted by Crippen LogP contribution is -2.44. The van der Waals surface area contributed by atoms with Crippen molar-refractivity contribution in [3.8, 4) is 6.07 Å². The summed E-state index contributed by atoms with van der Waals surface area (Å²) in [6.07, 6.45) is 0. The minimum absolute atomic E-state index is 0.0194. The highest BCUT2D eigenvalue weighted by Crippen LogP contribution is 2.32. The van der Waals surface area contributed by atoms with Crippen molar-refractivity contribution in [2.75, 3.05) is 43.4 Å². The number of benzene rings is 1. The van der Waals surface area contributed by atoms with Crippen molar-refractivity contribution < 1.29 is 0 Å². The van der Waals surface area contributed by atoms with Gasteiger partial charge in [-0.3, -0.25) is 0 Å². The fourth-order valence-electron chi connectivity index (χ4n) is 4.36. The molecule has 160 valence electrons. The average molecular weight is 416 g/mol. The van der Waals surface area contributed by atoms with Gasteiger partial charge in [-0.05, 0) is 58.0 Å². The van der Waals surface area contributed by atoms with E-state index < -0.39 is 0 Å². The van der Waals surface area contributed by atoms with E-state index in [-0.39, 0.29) is 6.04 Å². The van der Waals surface area contributed by atoms with Gasteiger partial charge in [-0.1, -0.05) is 12.1 Å². The van der Waals surface area contributed by atoms with Gasteiger partial charge in [0.15, 0.2) is 5.82 Å². The van der Waals surface area contributed by atoms with Crippen LogP contribution in [0.5, 0.6) is 0 Å². The second-order valence-electron chi connectivity index (χ2n) is 8.41. The number of aryl methyl sites for hydroxylation is 2. The standard InChI is InChI=1S/C24H29N7/c1-15-19(14-25)7-6-8-20(15)16(2)27-24-21-13-22(31-11-9-30(5)10-12-31)26-17(3)23(21)18(4)28-29-24/h6-8,13,16H,9-12H2,1-5H3,(H,27,29)/t16-/m1/s1. The fourth-order valence-corrected chi connectivity index (χ4v) is 4.36. The van der Waals surface area contributed by atoms with E-state index >= 15 is 0 Å². The second kappa shape index (κ2) is 8.48. The Morgan fingerprint density at radius 2 is 1.81 bits per heavy atom. The van der Waals surface area contributed by atoms with Crippen molar-refractivity contribution in [3.63, 3.8) is 0 Å². The number of nitriles is 1. The van der Waals surface area contributed by atoms with Crippen molar-refractivity contribution in [3.05, 3.63) is 52.3 Å². The molecule has 2 aromatic heterocycles. The van der Waals surface area contributed by atoms with Crippen molar-refractivity contribution in [2.24, 2.45) is 0 Å². The molecule has 7 heteroatoms. The summed E-state index contributed by atoms with van der Waals surface area (Å²) >= 11 is 0. The lowest BCUT2D eigenvalue weighted by atomic mass is 9.98. The number of hydrogen-bond donors (Lipinski definition) is 1. The number of fused-ring (bicyclic) bond motifs is 1. The van der Waals surface area contributed by atoms with Gasteiger partial charge in [0.1, 0.15) is 5.82 Å². The Bertz CT molecular complexity index is 1160. The van der Waals surface area contributed by atoms with Gasteiger partial charge < -0.3 is 15.1 Å². The van der Waals surface area contributed by atoms with Crippen molar-refractivity contribution in [2.45, 2.75) is 33.7 Å². The Morgan fingerprint density at radius 3 is 2.52 bits per heavy atom. The van der Waals surface area contributed by atoms with Crippen LogP contribution in [-0.4, -0.2) is 53.3 Å². The number of nitrogens with one attached hydrogen (secondary N) is 1. The van der Waals surface area contributed by atoms with E-state index in [2.05, 4.69) is 57.5 Å². The zero-order chi connectivity index (χ0) is 22.1. The maximum Gasteiger partial charge on any atom is 0.157 e. The minimum Gasteiger partial charge on any atom is -0.362 e. The zero-order valence-corrected chi connectivity index (χ0v) is 18.9. The van der Waals surface area contributed by atoms with Gasteiger partial charge in [-0.2, -0.15) is 10.4 Å². The Balaban J connectivity index is 1.74. The molecule has 4 rings (SSSR count). The molecule has 0 unspecified atom stereocenters. The monoisotopic (exact) mass is 415 g/mol. The number of anilines is 2. The number of nitrogens with zero attached hydrogens (tertiary/aromatic N) is 6. The molecule has 3 aromatic rings. The van der Waals surface area contributed by atoms with E-state index in [1.807, 2.05) is 32.9 Å². The number of hydrogen-bond acceptors (Lipinski definition) is 7. The van der Waals surface area contributed by atoms with Crippen molar-refractivity contribution in [1.29, 1.82) is 5.26 Å². The van der Waals surface area contributed by atoms with Crippen LogP contribution >= 0.6 is 0 Å². The third kappa shape index (κ3) is 4.04. The van der Waals surface area contributed by atoms with E-state index in [9.17, 15) is 5.26 Å². The van der Waals surface area contributed by atoms with Gasteiger partial charge in [0, 0.05) is 42.6 Å². The molecule has 1 aromatic carbocycles. The Hall–Kier alpha value is -3.24. The number of likely N-dealkylation sites (N-methyl/N-ethyl adjacent to an activating group) is 1. The predicted molar refractivity (Wildman–Crippen MR) is 124 cm³/mol. The summed E-state index contributed by atoms with van der Waals surface area (Å²) in [7, 11) is 2.15. The second-order valence-corrected chi connectivity index (χ2v) is 8.41. The molecule has 0 aliphatic carbocycles. The van der Waals surface area contributed by atoms with Crippen LogP contribution in [0, 0.1) is 32.1 Å². The molecule has 1 atom stereocenters. The molecule has 0 radical (unpaired) electrons. The van der Waals surface area contributed by atoms with E-state index in [0.29, 0.717) is 5.56 Å². The first-order valence-electron chi connectivity index (χ1n) is 10.7. The molecule has 1 saturated heterocycles. The summed E-state index contributed by atoms with van der Waals surface area (Å²) in [6.45, 7) is 12.1. The molecule has 0 bridgehead atoms. The quantitative estimate of drug-likeness (QED) is 0.695. The maximum atomic E-state index is 9.38. The predicted octanol–water partition coefficient (Wildman–Crippen LogP) is 3.75. The normalized spacial score (nSPS) is 15.7. The number of rotatable bonds is 4. The van der Waals surface area contributed by atoms with Gasteiger partial charge in [-0.15, -0.1) is 5.10 Å². The van der Waals surface area contributed by atoms with Gasteiger partial charge >= 0.3 is 0 Å². The van der Waals surface area contributed by atoms with Crippen LogP contribution in [0.25, 0.3) is 10.8 Å². The summed E-state index contributed by atoms with van der Waals surface area (Å²) in [5.74, 6) is 1.74. The molecule has 31 heavy (non-hydrogen) atoms. The Labute approximate surface area is 183 Å². The van der Waals surface area contributed by atoms with E-state index in [1.165, 1.54) is 0 Å². The first kappa shape index (κ1) is 21.0. The van der Waals surface area contributed by atoms with Crippen LogP contribution in [0.4, 0.5) is 11.6 Å². The van der Waals surface area contributed by atoms with Gasteiger partial charge in [0.2, 0.25) is 0 Å². The summed E-state index contributed by atoms with van der Waals surface area (Å²) in [4.78, 5) is 9.58. The first-order valence-corrected chi connectivity index (χ1v) is 10.7. The van der Waals surface area contributed by atoms with Gasteiger partial charge in [-0.25, -0.2) is 4.98 Å². The number of piperazine rings is 1. The zero-order valence-electron chi connectivity index (χ0n) is 18.9. The van der Waals surface area contributed by atoms with E-state index in [0.717, 1.165) is 71.1 Å². The fraction of sp³-hybridized carbons (Fsp3) is 0.417. The third-order valence-corrected chi connectivity index (χ3v) is 6.25. The lowest BCUT2D eigenvalue weighted by molar-refractivity contribution is 0.312. The summed E-state index contributed by atoms with van der Waals surface area (Å²) in [5, 5.41) is 23.9. The topological polar surface area (TPSA) is 81.0 Å². The summed E-state index contributed by atoms with van der Waals surface area (Å²) in [5.41, 5.74) is 4.62. The highest BCUT2D eigenvalue weighted by molar-refractivity contribution is 5.96. The van der Waals surface area contributed by atoms with Crippen LogP contribution in [0.3, 0.4) is 0 Å². The van der Waals surface area contributed by atoms with Gasteiger partial charge in [0.25, 0.3) is 0 Å². The molecule has 1 N–H and O–H groups in total. The Morgan fingerprint density at radius 1 is 1.06 bits per heavy atom. The maximum absolute atomic E-state index is 9.38. The van der Waals surface area contributed by atoms with Crippen LogP contribution in [0.2, 0.25) is 0 Å². The molecule has 7 nitrogen and oxygen atoms in total. The number of aromatic nitrogens is 3. The SMILES string of the molecule is Cc1c(C#N)cccc1[C@@H](C)Nc1nnc(C)c2c(C)nc(N3CCN(C)CC3)cc12. The van der Waals surface area contributed by atoms with Crippen LogP contribution in [-0.2, 0) is 0 Å². The Kier molecular flexibility index (Phi) is 5.75. The minimum atomic E-state index is -0.0194. The van der Waals surface area contributed by atoms with Crippen LogP contribution in [0.1, 0.15) is 41.0 Å². The third-order valence-electron chi connectivity index (χ3n) is 6.25. The molecular formula is C24H29N7. The first-order chi connectivity index (χ1) is 14.9. The number of pyridine rings is 1. The van der Waals surface area contributed by atoms with E-state index in [4.69, 9.17) is 4.98 Å². The molecule has 0 amide bonds. The molecule has 0 spiro atoms. The highest BCUT2D eigenvalue weighted by atomic mass is 15.3. The van der Waals surface area contributed by atoms with Gasteiger partial charge in [0.05, 0.1) is 23.4 Å². The molecule has 3 heterocycles. The molecule has 1 aliphatic heterocycles. The molecule has 1 fully saturated rings. The molecular weight excluding hydrogens is 386 g/mol. The smallest absolute Gasteiger partial charge is 0.157 e. The van der Waals surface area contributed by atoms with Crippen LogP contribution in [0.15, 0.2) is 24.3 Å². The molecule has 1 aliphatic rings. The highest BCUT2D eigenvalue weighted by Gasteiger charge is 2.20. The summed E-state index contributed by atoms with van der Waals surface area (Å²) in [6, 6.07) is 10.2. The average Bonchev–Trinajstić information content (AvgIpc) is 2.76. The largest absolute Gasteiger partial charge is 0.362 e. The van der Waals surface area contributed by atoms with Crippen molar-refractivity contribution in [1.82, 2.24) is 20.1 Å². The van der Waals surface area contributed by atoms with E-state index in [1.54, 1.807) is 0 Å². The molecule has 0 saturated carbocycles. The lowest BCUT2D eigenvalue weighted by Gasteiger charge is -2.33. The van der Waals surface area contributed by atoms with Crippen molar-refractivity contribution >= 4 is 22.4 Å². The van der Waals surface area contributed by atoms with Crippen LogP contribution < -0.4 is 10.2 Å². The summed E-state index contributed by atoms with van der Waals surface area (Å²) < 4.78 is 0.